The lowest BCUT2D eigenvalue weighted by Gasteiger charge is -2.10. The second-order valence-electron chi connectivity index (χ2n) is 6.46. The van der Waals surface area contributed by atoms with E-state index in [9.17, 15) is 14.0 Å². The molecule has 0 unspecified atom stereocenters. The van der Waals surface area contributed by atoms with Gasteiger partial charge in [-0.25, -0.2) is 13.9 Å². The average Bonchev–Trinajstić information content (AvgIpc) is 3.00. The molecule has 0 saturated heterocycles. The summed E-state index contributed by atoms with van der Waals surface area (Å²) in [6.07, 6.45) is 1.73. The molecule has 4 rings (SSSR count). The van der Waals surface area contributed by atoms with Crippen LogP contribution in [0.3, 0.4) is 0 Å². The lowest BCUT2D eigenvalue weighted by Crippen LogP contribution is -2.32. The minimum atomic E-state index is -0.549. The van der Waals surface area contributed by atoms with Gasteiger partial charge in [0.1, 0.15) is 17.0 Å². The number of aromatic nitrogens is 5. The predicted molar refractivity (Wildman–Crippen MR) is 103 cm³/mol. The number of anilines is 2. The predicted octanol–water partition coefficient (Wildman–Crippen LogP) is 2.06. The zero-order valence-electron chi connectivity index (χ0n) is 15.2. The first kappa shape index (κ1) is 17.7. The first-order chi connectivity index (χ1) is 13.4. The molecule has 3 heterocycles. The van der Waals surface area contributed by atoms with Crippen molar-refractivity contribution < 1.29 is 4.39 Å². The van der Waals surface area contributed by atoms with Crippen molar-refractivity contribution >= 4 is 22.5 Å². The maximum Gasteiger partial charge on any atom is 0.329 e. The van der Waals surface area contributed by atoms with Gasteiger partial charge in [-0.05, 0) is 42.8 Å². The van der Waals surface area contributed by atoms with Crippen LogP contribution in [0.15, 0.2) is 52.2 Å². The third-order valence-corrected chi connectivity index (χ3v) is 4.41. The van der Waals surface area contributed by atoms with E-state index in [1.807, 2.05) is 19.1 Å². The Morgan fingerprint density at radius 1 is 1.14 bits per heavy atom. The van der Waals surface area contributed by atoms with E-state index in [1.165, 1.54) is 19.2 Å². The third-order valence-electron chi connectivity index (χ3n) is 4.41. The number of hydrogen-bond acceptors (Lipinski definition) is 5. The summed E-state index contributed by atoms with van der Waals surface area (Å²) in [6.45, 7) is 2.22. The van der Waals surface area contributed by atoms with Crippen molar-refractivity contribution in [1.82, 2.24) is 24.3 Å². The molecule has 0 bridgehead atoms. The summed E-state index contributed by atoms with van der Waals surface area (Å²) in [6, 6.07) is 9.54. The van der Waals surface area contributed by atoms with Gasteiger partial charge in [0, 0.05) is 24.6 Å². The van der Waals surface area contributed by atoms with Crippen LogP contribution in [-0.2, 0) is 13.6 Å². The number of H-pyrrole nitrogens is 1. The van der Waals surface area contributed by atoms with Crippen LogP contribution in [0.5, 0.6) is 0 Å². The molecular weight excluding hydrogens is 363 g/mol. The van der Waals surface area contributed by atoms with Crippen LogP contribution < -0.4 is 16.6 Å². The van der Waals surface area contributed by atoms with E-state index in [0.717, 1.165) is 15.8 Å². The minimum Gasteiger partial charge on any atom is -0.340 e. The summed E-state index contributed by atoms with van der Waals surface area (Å²) in [5, 5.41) is 7.75. The molecule has 0 saturated carbocycles. The van der Waals surface area contributed by atoms with Gasteiger partial charge in [0.25, 0.3) is 5.56 Å². The number of aryl methyl sites for hydroxylation is 1. The Kier molecular flexibility index (Phi) is 4.26. The largest absolute Gasteiger partial charge is 0.340 e. The SMILES string of the molecule is Cc1ccc(Cn2nc3[nH]c(=O)n(C)c(=O)c3c2Nc2ccc(F)cc2)cn1. The Morgan fingerprint density at radius 2 is 1.89 bits per heavy atom. The minimum absolute atomic E-state index is 0.179. The highest BCUT2D eigenvalue weighted by molar-refractivity contribution is 5.88. The molecule has 8 nitrogen and oxygen atoms in total. The summed E-state index contributed by atoms with van der Waals surface area (Å²) in [4.78, 5) is 31.5. The van der Waals surface area contributed by atoms with Crippen molar-refractivity contribution in [3.63, 3.8) is 0 Å². The molecule has 142 valence electrons. The van der Waals surface area contributed by atoms with Crippen LogP contribution in [-0.4, -0.2) is 24.3 Å². The van der Waals surface area contributed by atoms with Crippen molar-refractivity contribution in [2.24, 2.45) is 7.05 Å². The fourth-order valence-electron chi connectivity index (χ4n) is 2.87. The number of aromatic amines is 1. The number of nitrogens with one attached hydrogen (secondary N) is 2. The van der Waals surface area contributed by atoms with Crippen LogP contribution in [0.2, 0.25) is 0 Å². The van der Waals surface area contributed by atoms with Crippen molar-refractivity contribution in [1.29, 1.82) is 0 Å². The van der Waals surface area contributed by atoms with Crippen molar-refractivity contribution in [3.8, 4) is 0 Å². The molecule has 3 aromatic heterocycles. The Hall–Kier alpha value is -3.75. The van der Waals surface area contributed by atoms with E-state index in [0.29, 0.717) is 18.1 Å². The molecule has 28 heavy (non-hydrogen) atoms. The molecule has 2 N–H and O–H groups in total. The number of rotatable bonds is 4. The summed E-state index contributed by atoms with van der Waals surface area (Å²) >= 11 is 0. The normalized spacial score (nSPS) is 11.1. The van der Waals surface area contributed by atoms with Crippen molar-refractivity contribution in [3.05, 3.63) is 80.5 Å². The number of fused-ring (bicyclic) bond motifs is 1. The Balaban J connectivity index is 1.88. The van der Waals surface area contributed by atoms with Gasteiger partial charge < -0.3 is 5.32 Å². The summed E-state index contributed by atoms with van der Waals surface area (Å²) in [5.74, 6) is 0.0360. The van der Waals surface area contributed by atoms with Gasteiger partial charge in [-0.15, -0.1) is 0 Å². The molecule has 0 aliphatic rings. The van der Waals surface area contributed by atoms with Crippen molar-refractivity contribution in [2.75, 3.05) is 5.32 Å². The molecule has 0 radical (unpaired) electrons. The second kappa shape index (κ2) is 6.76. The van der Waals surface area contributed by atoms with E-state index in [4.69, 9.17) is 0 Å². The zero-order chi connectivity index (χ0) is 19.8. The Bertz CT molecular complexity index is 1270. The van der Waals surface area contributed by atoms with E-state index >= 15 is 0 Å². The molecule has 0 atom stereocenters. The number of pyridine rings is 1. The molecular formula is C19H17FN6O2. The highest BCUT2D eigenvalue weighted by Gasteiger charge is 2.18. The summed E-state index contributed by atoms with van der Waals surface area (Å²) in [7, 11) is 1.39. The van der Waals surface area contributed by atoms with E-state index in [-0.39, 0.29) is 16.9 Å². The first-order valence-electron chi connectivity index (χ1n) is 8.56. The molecule has 0 spiro atoms. The van der Waals surface area contributed by atoms with Crippen LogP contribution in [0.1, 0.15) is 11.3 Å². The number of hydrogen-bond donors (Lipinski definition) is 2. The molecule has 4 aromatic rings. The van der Waals surface area contributed by atoms with Gasteiger partial charge in [0.05, 0.1) is 6.54 Å². The zero-order valence-corrected chi connectivity index (χ0v) is 15.2. The number of benzene rings is 1. The Morgan fingerprint density at radius 3 is 2.57 bits per heavy atom. The first-order valence-corrected chi connectivity index (χ1v) is 8.56. The van der Waals surface area contributed by atoms with Gasteiger partial charge in [0.2, 0.25) is 0 Å². The van der Waals surface area contributed by atoms with Crippen LogP contribution in [0.25, 0.3) is 11.0 Å². The maximum atomic E-state index is 13.2. The van der Waals surface area contributed by atoms with Crippen LogP contribution in [0.4, 0.5) is 15.9 Å². The quantitative estimate of drug-likeness (QED) is 0.565. The highest BCUT2D eigenvalue weighted by Crippen LogP contribution is 2.24. The number of nitrogens with zero attached hydrogens (tertiary/aromatic N) is 4. The van der Waals surface area contributed by atoms with E-state index in [2.05, 4.69) is 20.4 Å². The van der Waals surface area contributed by atoms with Crippen LogP contribution in [0, 0.1) is 12.7 Å². The van der Waals surface area contributed by atoms with Gasteiger partial charge in [-0.1, -0.05) is 6.07 Å². The van der Waals surface area contributed by atoms with Gasteiger partial charge in [-0.2, -0.15) is 5.10 Å². The third kappa shape index (κ3) is 3.18. The lowest BCUT2D eigenvalue weighted by molar-refractivity contribution is 0.628. The smallest absolute Gasteiger partial charge is 0.329 e. The number of halogens is 1. The second-order valence-corrected chi connectivity index (χ2v) is 6.46. The summed E-state index contributed by atoms with van der Waals surface area (Å²) in [5.41, 5.74) is 1.50. The molecule has 0 aliphatic carbocycles. The topological polar surface area (TPSA) is 97.6 Å². The lowest BCUT2D eigenvalue weighted by atomic mass is 10.2. The maximum absolute atomic E-state index is 13.2. The van der Waals surface area contributed by atoms with E-state index in [1.54, 1.807) is 23.0 Å². The average molecular weight is 380 g/mol. The van der Waals surface area contributed by atoms with Gasteiger partial charge in [0.15, 0.2) is 5.65 Å². The molecule has 0 amide bonds. The monoisotopic (exact) mass is 380 g/mol. The Labute approximate surface area is 158 Å². The molecule has 9 heteroatoms. The highest BCUT2D eigenvalue weighted by atomic mass is 19.1. The molecule has 1 aromatic carbocycles. The van der Waals surface area contributed by atoms with E-state index < -0.39 is 11.2 Å². The van der Waals surface area contributed by atoms with Gasteiger partial charge >= 0.3 is 5.69 Å². The fraction of sp³-hybridized carbons (Fsp3) is 0.158. The van der Waals surface area contributed by atoms with Gasteiger partial charge in [-0.3, -0.25) is 19.3 Å². The molecule has 0 aliphatic heterocycles. The summed E-state index contributed by atoms with van der Waals surface area (Å²) < 4.78 is 15.8. The van der Waals surface area contributed by atoms with Crippen molar-refractivity contribution in [2.45, 2.75) is 13.5 Å². The standard InChI is InChI=1S/C19H17FN6O2/c1-11-3-4-12(9-21-11)10-26-17(22-14-7-5-13(20)6-8-14)15-16(24-26)23-19(28)25(2)18(15)27/h3-9,22H,10H2,1-2H3,(H,23,24,28). The van der Waals surface area contributed by atoms with Crippen LogP contribution >= 0.6 is 0 Å². The molecule has 0 fully saturated rings. The fourth-order valence-corrected chi connectivity index (χ4v) is 2.87.